The molecule has 1 aliphatic rings. The van der Waals surface area contributed by atoms with Crippen LogP contribution in [0.5, 0.6) is 0 Å². The van der Waals surface area contributed by atoms with Crippen LogP contribution < -0.4 is 16.4 Å². The number of carbonyl (C=O) groups excluding carboxylic acids is 2. The summed E-state index contributed by atoms with van der Waals surface area (Å²) >= 11 is 0. The molecule has 2 aromatic carbocycles. The van der Waals surface area contributed by atoms with Crippen molar-refractivity contribution in [2.75, 3.05) is 43.5 Å². The molecule has 0 saturated carbocycles. The molecule has 0 aromatic heterocycles. The van der Waals surface area contributed by atoms with Crippen LogP contribution in [0.3, 0.4) is 0 Å². The van der Waals surface area contributed by atoms with Gasteiger partial charge in [-0.25, -0.2) is 8.42 Å². The standard InChI is InChI=1S/C20H24N4O5S/c1-14-6-7-15(30(27,28)24-8-10-29-11-9-24)12-18(14)23-19(25)13-22-17-5-3-2-4-16(17)20(21)26/h2-7,12,22H,8-11,13H2,1H3,(H2,21,26)(H,23,25). The van der Waals surface area contributed by atoms with Gasteiger partial charge in [-0.2, -0.15) is 4.31 Å². The van der Waals surface area contributed by atoms with Gasteiger partial charge < -0.3 is 21.1 Å². The maximum atomic E-state index is 12.9. The van der Waals surface area contributed by atoms with Crippen LogP contribution in [0.1, 0.15) is 15.9 Å². The van der Waals surface area contributed by atoms with Gasteiger partial charge in [-0.05, 0) is 36.8 Å². The average molecular weight is 433 g/mol. The van der Waals surface area contributed by atoms with Gasteiger partial charge in [0, 0.05) is 24.5 Å². The number of hydrogen-bond donors (Lipinski definition) is 3. The number of anilines is 2. The number of nitrogens with two attached hydrogens (primary N) is 1. The minimum Gasteiger partial charge on any atom is -0.379 e. The van der Waals surface area contributed by atoms with E-state index in [1.807, 2.05) is 0 Å². The second-order valence-electron chi connectivity index (χ2n) is 6.80. The van der Waals surface area contributed by atoms with E-state index in [2.05, 4.69) is 10.6 Å². The van der Waals surface area contributed by atoms with Crippen LogP contribution in [0.25, 0.3) is 0 Å². The van der Waals surface area contributed by atoms with Crippen LogP contribution in [0.4, 0.5) is 11.4 Å². The molecule has 1 aliphatic heterocycles. The Morgan fingerprint density at radius 2 is 1.80 bits per heavy atom. The highest BCUT2D eigenvalue weighted by atomic mass is 32.2. The van der Waals surface area contributed by atoms with Gasteiger partial charge in [-0.3, -0.25) is 9.59 Å². The molecular formula is C20H24N4O5S. The summed E-state index contributed by atoms with van der Waals surface area (Å²) in [6, 6.07) is 11.2. The van der Waals surface area contributed by atoms with Crippen LogP contribution in [0, 0.1) is 6.92 Å². The van der Waals surface area contributed by atoms with Crippen LogP contribution in [-0.4, -0.2) is 57.4 Å². The summed E-state index contributed by atoms with van der Waals surface area (Å²) in [5, 5.41) is 5.60. The summed E-state index contributed by atoms with van der Waals surface area (Å²) in [4.78, 5) is 24.0. The number of nitrogens with one attached hydrogen (secondary N) is 2. The number of aryl methyl sites for hydroxylation is 1. The molecule has 1 fully saturated rings. The van der Waals surface area contributed by atoms with E-state index >= 15 is 0 Å². The Labute approximate surface area is 175 Å². The third-order valence-electron chi connectivity index (χ3n) is 4.72. The van der Waals surface area contributed by atoms with E-state index in [0.717, 1.165) is 5.56 Å². The van der Waals surface area contributed by atoms with Crippen molar-refractivity contribution in [2.24, 2.45) is 5.73 Å². The highest BCUT2D eigenvalue weighted by Crippen LogP contribution is 2.24. The Balaban J connectivity index is 1.71. The first-order chi connectivity index (χ1) is 14.3. The molecule has 1 saturated heterocycles. The number of hydrogen-bond acceptors (Lipinski definition) is 6. The highest BCUT2D eigenvalue weighted by molar-refractivity contribution is 7.89. The van der Waals surface area contributed by atoms with E-state index in [0.29, 0.717) is 37.7 Å². The lowest BCUT2D eigenvalue weighted by atomic mass is 10.1. The lowest BCUT2D eigenvalue weighted by Gasteiger charge is -2.26. The summed E-state index contributed by atoms with van der Waals surface area (Å²) < 4.78 is 32.3. The first-order valence-corrected chi connectivity index (χ1v) is 10.8. The van der Waals surface area contributed by atoms with E-state index in [4.69, 9.17) is 10.5 Å². The number of amides is 2. The maximum absolute atomic E-state index is 12.9. The van der Waals surface area contributed by atoms with E-state index in [-0.39, 0.29) is 17.0 Å². The van der Waals surface area contributed by atoms with E-state index in [1.165, 1.54) is 16.4 Å². The van der Waals surface area contributed by atoms with Crippen LogP contribution in [0.15, 0.2) is 47.4 Å². The Kier molecular flexibility index (Phi) is 6.70. The second kappa shape index (κ2) is 9.24. The number of rotatable bonds is 7. The smallest absolute Gasteiger partial charge is 0.250 e. The van der Waals surface area contributed by atoms with Crippen LogP contribution in [-0.2, 0) is 19.6 Å². The third kappa shape index (κ3) is 4.96. The minimum absolute atomic E-state index is 0.109. The topological polar surface area (TPSA) is 131 Å². The quantitative estimate of drug-likeness (QED) is 0.602. The first kappa shape index (κ1) is 21.8. The van der Waals surface area contributed by atoms with Gasteiger partial charge in [0.15, 0.2) is 0 Å². The number of carbonyl (C=O) groups is 2. The second-order valence-corrected chi connectivity index (χ2v) is 8.74. The zero-order valence-electron chi connectivity index (χ0n) is 16.6. The summed E-state index contributed by atoms with van der Waals surface area (Å²) in [5.41, 5.74) is 7.18. The number of primary amides is 1. The fraction of sp³-hybridized carbons (Fsp3) is 0.300. The Hall–Kier alpha value is -2.95. The maximum Gasteiger partial charge on any atom is 0.250 e. The lowest BCUT2D eigenvalue weighted by molar-refractivity contribution is -0.114. The van der Waals surface area contributed by atoms with E-state index in [1.54, 1.807) is 37.3 Å². The molecule has 9 nitrogen and oxygen atoms in total. The van der Waals surface area contributed by atoms with Gasteiger partial charge in [-0.1, -0.05) is 18.2 Å². The molecule has 160 valence electrons. The average Bonchev–Trinajstić information content (AvgIpc) is 2.74. The summed E-state index contributed by atoms with van der Waals surface area (Å²) in [7, 11) is -3.67. The molecular weight excluding hydrogens is 408 g/mol. The minimum atomic E-state index is -3.67. The van der Waals surface area contributed by atoms with Crippen molar-refractivity contribution >= 4 is 33.2 Å². The molecule has 10 heteroatoms. The van der Waals surface area contributed by atoms with Crippen molar-refractivity contribution in [1.29, 1.82) is 0 Å². The fourth-order valence-corrected chi connectivity index (χ4v) is 4.49. The van der Waals surface area contributed by atoms with Gasteiger partial charge in [0.05, 0.1) is 30.2 Å². The van der Waals surface area contributed by atoms with Crippen molar-refractivity contribution < 1.29 is 22.7 Å². The Morgan fingerprint density at radius 3 is 2.50 bits per heavy atom. The number of para-hydroxylation sites is 1. The van der Waals surface area contributed by atoms with Gasteiger partial charge in [0.25, 0.3) is 5.91 Å². The molecule has 3 rings (SSSR count). The number of nitrogens with zero attached hydrogens (tertiary/aromatic N) is 1. The molecule has 30 heavy (non-hydrogen) atoms. The van der Waals surface area contributed by atoms with E-state index in [9.17, 15) is 18.0 Å². The van der Waals surface area contributed by atoms with Gasteiger partial charge in [0.1, 0.15) is 0 Å². The zero-order chi connectivity index (χ0) is 21.7. The molecule has 2 amide bonds. The van der Waals surface area contributed by atoms with Gasteiger partial charge in [0.2, 0.25) is 15.9 Å². The number of benzene rings is 2. The molecule has 0 bridgehead atoms. The summed E-state index contributed by atoms with van der Waals surface area (Å²) in [6.07, 6.45) is 0. The largest absolute Gasteiger partial charge is 0.379 e. The van der Waals surface area contributed by atoms with Crippen molar-refractivity contribution in [3.05, 3.63) is 53.6 Å². The molecule has 0 unspecified atom stereocenters. The van der Waals surface area contributed by atoms with E-state index < -0.39 is 21.8 Å². The summed E-state index contributed by atoms with van der Waals surface area (Å²) in [6.45, 7) is 2.95. The van der Waals surface area contributed by atoms with Crippen LogP contribution >= 0.6 is 0 Å². The molecule has 4 N–H and O–H groups in total. The van der Waals surface area contributed by atoms with Gasteiger partial charge in [-0.15, -0.1) is 0 Å². The number of sulfonamides is 1. The third-order valence-corrected chi connectivity index (χ3v) is 6.62. The predicted octanol–water partition coefficient (Wildman–Crippen LogP) is 1.17. The zero-order valence-corrected chi connectivity index (χ0v) is 17.4. The molecule has 1 heterocycles. The van der Waals surface area contributed by atoms with Crippen LogP contribution in [0.2, 0.25) is 0 Å². The highest BCUT2D eigenvalue weighted by Gasteiger charge is 2.26. The van der Waals surface area contributed by atoms with Crippen molar-refractivity contribution in [3.8, 4) is 0 Å². The summed E-state index contributed by atoms with van der Waals surface area (Å²) in [5.74, 6) is -0.992. The fourth-order valence-electron chi connectivity index (χ4n) is 3.05. The molecule has 0 atom stereocenters. The molecule has 0 radical (unpaired) electrons. The number of morpholine rings is 1. The molecule has 0 spiro atoms. The Morgan fingerprint density at radius 1 is 1.10 bits per heavy atom. The van der Waals surface area contributed by atoms with Crippen molar-refractivity contribution in [2.45, 2.75) is 11.8 Å². The first-order valence-electron chi connectivity index (χ1n) is 9.40. The van der Waals surface area contributed by atoms with Gasteiger partial charge >= 0.3 is 0 Å². The predicted molar refractivity (Wildman–Crippen MR) is 113 cm³/mol. The normalized spacial score (nSPS) is 14.8. The Bertz CT molecular complexity index is 1050. The van der Waals surface area contributed by atoms with Crippen molar-refractivity contribution in [1.82, 2.24) is 4.31 Å². The monoisotopic (exact) mass is 432 g/mol. The lowest BCUT2D eigenvalue weighted by Crippen LogP contribution is -2.40. The molecule has 0 aliphatic carbocycles. The number of ether oxygens (including phenoxy) is 1. The van der Waals surface area contributed by atoms with Crippen molar-refractivity contribution in [3.63, 3.8) is 0 Å². The SMILES string of the molecule is Cc1ccc(S(=O)(=O)N2CCOCC2)cc1NC(=O)CNc1ccccc1C(N)=O. The molecule has 2 aromatic rings.